The molecular formula is C14H15F3N2O4S. The van der Waals surface area contributed by atoms with E-state index in [4.69, 9.17) is 10.4 Å². The number of hydrogen-bond acceptors (Lipinski definition) is 4. The third kappa shape index (κ3) is 5.21. The Balaban J connectivity index is 3.20. The standard InChI is InChI=1S/C14H15F3N2O4S/c1-13(2,6-5-12(20)21)19-24(22,23)10-4-3-9(8-18)11(7-10)14(15,16)17/h3-4,7,19H,5-6H2,1-2H3,(H,20,21). The third-order valence-electron chi connectivity index (χ3n) is 3.10. The number of hydrogen-bond donors (Lipinski definition) is 2. The summed E-state index contributed by atoms with van der Waals surface area (Å²) in [5.74, 6) is -1.12. The number of halogens is 3. The number of benzene rings is 1. The molecular weight excluding hydrogens is 349 g/mol. The molecule has 6 nitrogen and oxygen atoms in total. The summed E-state index contributed by atoms with van der Waals surface area (Å²) in [6.07, 6.45) is -5.24. The van der Waals surface area contributed by atoms with Crippen molar-refractivity contribution in [3.8, 4) is 6.07 Å². The monoisotopic (exact) mass is 364 g/mol. The second kappa shape index (κ2) is 6.78. The molecule has 0 unspecified atom stereocenters. The first kappa shape index (κ1) is 19.9. The van der Waals surface area contributed by atoms with Gasteiger partial charge in [-0.15, -0.1) is 0 Å². The number of aliphatic carboxylic acids is 1. The number of rotatable bonds is 6. The van der Waals surface area contributed by atoms with Gasteiger partial charge in [0.15, 0.2) is 0 Å². The van der Waals surface area contributed by atoms with E-state index in [-0.39, 0.29) is 12.8 Å². The van der Waals surface area contributed by atoms with Gasteiger partial charge in [-0.25, -0.2) is 13.1 Å². The fraction of sp³-hybridized carbons (Fsp3) is 0.429. The Kier molecular flexibility index (Phi) is 5.63. The molecule has 1 aromatic carbocycles. The van der Waals surface area contributed by atoms with Crippen LogP contribution < -0.4 is 4.72 Å². The largest absolute Gasteiger partial charge is 0.481 e. The zero-order valence-corrected chi connectivity index (χ0v) is 13.6. The zero-order valence-electron chi connectivity index (χ0n) is 12.8. The summed E-state index contributed by atoms with van der Waals surface area (Å²) in [4.78, 5) is 9.92. The predicted octanol–water partition coefficient (Wildman–Crippen LogP) is 2.50. The first-order valence-electron chi connectivity index (χ1n) is 6.66. The van der Waals surface area contributed by atoms with E-state index >= 15 is 0 Å². The molecule has 0 spiro atoms. The number of nitrogens with zero attached hydrogens (tertiary/aromatic N) is 1. The van der Waals surface area contributed by atoms with Crippen molar-refractivity contribution in [2.24, 2.45) is 0 Å². The van der Waals surface area contributed by atoms with Crippen molar-refractivity contribution in [1.29, 1.82) is 5.26 Å². The lowest BCUT2D eigenvalue weighted by Gasteiger charge is -2.25. The SMILES string of the molecule is CC(C)(CCC(=O)O)NS(=O)(=O)c1ccc(C#N)c(C(F)(F)F)c1. The van der Waals surface area contributed by atoms with Gasteiger partial charge in [-0.3, -0.25) is 4.79 Å². The van der Waals surface area contributed by atoms with Crippen molar-refractivity contribution in [3.63, 3.8) is 0 Å². The molecule has 0 amide bonds. The van der Waals surface area contributed by atoms with Crippen LogP contribution in [0.2, 0.25) is 0 Å². The quantitative estimate of drug-likeness (QED) is 0.806. The van der Waals surface area contributed by atoms with Crippen molar-refractivity contribution in [1.82, 2.24) is 4.72 Å². The molecule has 0 radical (unpaired) electrons. The molecule has 0 fully saturated rings. The molecule has 0 bridgehead atoms. The molecule has 10 heteroatoms. The summed E-state index contributed by atoms with van der Waals surface area (Å²) >= 11 is 0. The maximum absolute atomic E-state index is 12.9. The molecule has 0 aromatic heterocycles. The molecule has 0 aliphatic carbocycles. The van der Waals surface area contributed by atoms with Gasteiger partial charge in [-0.2, -0.15) is 18.4 Å². The molecule has 1 rings (SSSR count). The van der Waals surface area contributed by atoms with Crippen LogP contribution in [0.15, 0.2) is 23.1 Å². The van der Waals surface area contributed by atoms with Crippen LogP contribution in [0.5, 0.6) is 0 Å². The Morgan fingerprint density at radius 2 is 1.92 bits per heavy atom. The average molecular weight is 364 g/mol. The summed E-state index contributed by atoms with van der Waals surface area (Å²) in [6, 6.07) is 3.42. The highest BCUT2D eigenvalue weighted by atomic mass is 32.2. The van der Waals surface area contributed by atoms with Crippen LogP contribution in [-0.2, 0) is 21.0 Å². The van der Waals surface area contributed by atoms with Gasteiger partial charge in [0.1, 0.15) is 0 Å². The van der Waals surface area contributed by atoms with Crippen LogP contribution in [-0.4, -0.2) is 25.0 Å². The van der Waals surface area contributed by atoms with Gasteiger partial charge < -0.3 is 5.11 Å². The molecule has 0 saturated heterocycles. The zero-order chi connectivity index (χ0) is 18.8. The van der Waals surface area contributed by atoms with Gasteiger partial charge in [-0.05, 0) is 38.5 Å². The Morgan fingerprint density at radius 1 is 1.33 bits per heavy atom. The number of nitriles is 1. The Hall–Kier alpha value is -2.12. The molecule has 0 aliphatic rings. The molecule has 24 heavy (non-hydrogen) atoms. The maximum atomic E-state index is 12.9. The Bertz CT molecular complexity index is 780. The van der Waals surface area contributed by atoms with Crippen LogP contribution in [0.25, 0.3) is 0 Å². The summed E-state index contributed by atoms with van der Waals surface area (Å²) in [5.41, 5.74) is -3.22. The lowest BCUT2D eigenvalue weighted by molar-refractivity contribution is -0.138. The normalized spacial score (nSPS) is 12.7. The van der Waals surface area contributed by atoms with Gasteiger partial charge in [0, 0.05) is 12.0 Å². The van der Waals surface area contributed by atoms with Crippen LogP contribution in [0.4, 0.5) is 13.2 Å². The van der Waals surface area contributed by atoms with Crippen molar-refractivity contribution in [2.45, 2.75) is 43.3 Å². The van der Waals surface area contributed by atoms with Gasteiger partial charge >= 0.3 is 12.1 Å². The number of nitrogens with one attached hydrogen (secondary N) is 1. The minimum Gasteiger partial charge on any atom is -0.481 e. The van der Waals surface area contributed by atoms with Crippen LogP contribution in [0.3, 0.4) is 0 Å². The minimum absolute atomic E-state index is 0.0516. The molecule has 132 valence electrons. The van der Waals surface area contributed by atoms with E-state index in [0.29, 0.717) is 6.07 Å². The summed E-state index contributed by atoms with van der Waals surface area (Å²) < 4.78 is 65.5. The van der Waals surface area contributed by atoms with Crippen molar-refractivity contribution >= 4 is 16.0 Å². The van der Waals surface area contributed by atoms with Crippen molar-refractivity contribution < 1.29 is 31.5 Å². The Morgan fingerprint density at radius 3 is 2.38 bits per heavy atom. The van der Waals surface area contributed by atoms with Crippen LogP contribution in [0, 0.1) is 11.3 Å². The highest BCUT2D eigenvalue weighted by Gasteiger charge is 2.35. The molecule has 0 aliphatic heterocycles. The topological polar surface area (TPSA) is 107 Å². The molecule has 0 atom stereocenters. The number of sulfonamides is 1. The van der Waals surface area contributed by atoms with E-state index < -0.39 is 43.7 Å². The van der Waals surface area contributed by atoms with E-state index in [0.717, 1.165) is 12.1 Å². The first-order valence-corrected chi connectivity index (χ1v) is 8.14. The minimum atomic E-state index is -4.88. The molecule has 2 N–H and O–H groups in total. The lowest BCUT2D eigenvalue weighted by Crippen LogP contribution is -2.43. The summed E-state index contributed by atoms with van der Waals surface area (Å²) in [5, 5.41) is 17.4. The van der Waals surface area contributed by atoms with E-state index in [9.17, 15) is 26.4 Å². The van der Waals surface area contributed by atoms with Crippen LogP contribution in [0.1, 0.15) is 37.8 Å². The average Bonchev–Trinajstić information content (AvgIpc) is 2.42. The van der Waals surface area contributed by atoms with Gasteiger partial charge in [0.05, 0.1) is 22.1 Å². The highest BCUT2D eigenvalue weighted by molar-refractivity contribution is 7.89. The lowest BCUT2D eigenvalue weighted by atomic mass is 10.0. The van der Waals surface area contributed by atoms with Crippen LogP contribution >= 0.6 is 0 Å². The second-order valence-electron chi connectivity index (χ2n) is 5.70. The highest BCUT2D eigenvalue weighted by Crippen LogP contribution is 2.33. The van der Waals surface area contributed by atoms with Gasteiger partial charge in [0.2, 0.25) is 10.0 Å². The third-order valence-corrected chi connectivity index (χ3v) is 4.80. The van der Waals surface area contributed by atoms with Gasteiger partial charge in [-0.1, -0.05) is 0 Å². The van der Waals surface area contributed by atoms with Crippen molar-refractivity contribution in [3.05, 3.63) is 29.3 Å². The molecule has 0 heterocycles. The fourth-order valence-electron chi connectivity index (χ4n) is 1.92. The molecule has 0 saturated carbocycles. The maximum Gasteiger partial charge on any atom is 0.417 e. The summed E-state index contributed by atoms with van der Waals surface area (Å²) in [6.45, 7) is 2.84. The van der Waals surface area contributed by atoms with Crippen molar-refractivity contribution in [2.75, 3.05) is 0 Å². The summed E-state index contributed by atoms with van der Waals surface area (Å²) in [7, 11) is -4.33. The van der Waals surface area contributed by atoms with E-state index in [1.807, 2.05) is 0 Å². The second-order valence-corrected chi connectivity index (χ2v) is 7.38. The predicted molar refractivity (Wildman–Crippen MR) is 77.4 cm³/mol. The smallest absolute Gasteiger partial charge is 0.417 e. The van der Waals surface area contributed by atoms with Gasteiger partial charge in [0.25, 0.3) is 0 Å². The Labute approximate surface area is 137 Å². The fourth-order valence-corrected chi connectivity index (χ4v) is 3.38. The van der Waals surface area contributed by atoms with E-state index in [1.165, 1.54) is 19.9 Å². The molecule has 1 aromatic rings. The number of alkyl halides is 3. The van der Waals surface area contributed by atoms with E-state index in [1.54, 1.807) is 0 Å². The van der Waals surface area contributed by atoms with E-state index in [2.05, 4.69) is 4.72 Å². The first-order chi connectivity index (χ1) is 10.8. The number of carbonyl (C=O) groups is 1. The number of carboxylic acid groups (broad SMARTS) is 1. The number of carboxylic acids is 1.